The molecular formula is C23H23IN4O3. The number of halogens is 1. The summed E-state index contributed by atoms with van der Waals surface area (Å²) < 4.78 is 10.7. The maximum Gasteiger partial charge on any atom is 0.343 e. The summed E-state index contributed by atoms with van der Waals surface area (Å²) in [7, 11) is 0. The van der Waals surface area contributed by atoms with Crippen molar-refractivity contribution in [2.45, 2.75) is 26.3 Å². The van der Waals surface area contributed by atoms with Crippen LogP contribution in [-0.4, -0.2) is 44.8 Å². The van der Waals surface area contributed by atoms with E-state index in [4.69, 9.17) is 4.74 Å². The summed E-state index contributed by atoms with van der Waals surface area (Å²) in [6.45, 7) is 4.00. The largest absolute Gasteiger partial charge is 0.462 e. The highest BCUT2D eigenvalue weighted by molar-refractivity contribution is 14.2. The molecule has 0 atom stereocenters. The number of aliphatic imine (C=N–C) groups is 1. The number of nitrogens with zero attached hydrogens (tertiary/aromatic N) is 4. The van der Waals surface area contributed by atoms with Gasteiger partial charge in [-0.1, -0.05) is 26.8 Å². The lowest BCUT2D eigenvalue weighted by molar-refractivity contribution is 0.0524. The van der Waals surface area contributed by atoms with Crippen LogP contribution in [0.3, 0.4) is 0 Å². The van der Waals surface area contributed by atoms with E-state index in [0.717, 1.165) is 29.9 Å². The molecule has 7 nitrogen and oxygen atoms in total. The van der Waals surface area contributed by atoms with Gasteiger partial charge in [-0.2, -0.15) is 5.26 Å². The molecule has 0 radical (unpaired) electrons. The van der Waals surface area contributed by atoms with Crippen LogP contribution in [0, 0.1) is 16.7 Å². The molecule has 0 unspecified atom stereocenters. The second-order valence-corrected chi connectivity index (χ2v) is 9.56. The van der Waals surface area contributed by atoms with Crippen molar-refractivity contribution in [3.8, 4) is 6.07 Å². The smallest absolute Gasteiger partial charge is 0.343 e. The van der Waals surface area contributed by atoms with E-state index in [-0.39, 0.29) is 38.5 Å². The molecule has 1 saturated heterocycles. The predicted molar refractivity (Wildman–Crippen MR) is 129 cm³/mol. The lowest BCUT2D eigenvalue weighted by Gasteiger charge is -2.37. The molecular weight excluding hydrogens is 507 g/mol. The first-order valence-electron chi connectivity index (χ1n) is 10.2. The van der Waals surface area contributed by atoms with Crippen molar-refractivity contribution in [2.75, 3.05) is 19.7 Å². The summed E-state index contributed by atoms with van der Waals surface area (Å²) in [5.74, 6) is -0.602. The second kappa shape index (κ2) is 9.24. The summed E-state index contributed by atoms with van der Waals surface area (Å²) >= 11 is -0.117. The Kier molecular flexibility index (Phi) is 6.43. The Morgan fingerprint density at radius 3 is 2.84 bits per heavy atom. The van der Waals surface area contributed by atoms with E-state index in [2.05, 4.69) is 20.0 Å². The Morgan fingerprint density at radius 1 is 1.35 bits per heavy atom. The molecule has 0 amide bonds. The molecule has 4 heterocycles. The molecule has 0 bridgehead atoms. The third-order valence-electron chi connectivity index (χ3n) is 5.80. The van der Waals surface area contributed by atoms with Crippen LogP contribution >= 0.6 is 20.7 Å². The van der Waals surface area contributed by atoms with Crippen LogP contribution in [0.2, 0.25) is 0 Å². The number of likely N-dealkylation sites (tertiary alicyclic amines) is 1. The average Bonchev–Trinajstić information content (AvgIpc) is 2.82. The highest BCUT2D eigenvalue weighted by Gasteiger charge is 2.38. The van der Waals surface area contributed by atoms with E-state index in [9.17, 15) is 14.9 Å². The van der Waals surface area contributed by atoms with Gasteiger partial charge in [0.15, 0.2) is 0 Å². The minimum atomic E-state index is -0.602. The Labute approximate surface area is 190 Å². The van der Waals surface area contributed by atoms with Crippen LogP contribution in [0.25, 0.3) is 5.52 Å². The van der Waals surface area contributed by atoms with Crippen molar-refractivity contribution in [2.24, 2.45) is 10.4 Å². The molecule has 2 aliphatic rings. The number of carbonyl (C=O) groups is 1. The first-order chi connectivity index (χ1) is 15.1. The van der Waals surface area contributed by atoms with Crippen molar-refractivity contribution in [1.29, 1.82) is 5.26 Å². The lowest BCUT2D eigenvalue weighted by Crippen LogP contribution is -2.43. The van der Waals surface area contributed by atoms with Gasteiger partial charge in [0.25, 0.3) is 5.56 Å². The Balaban J connectivity index is 1.60. The predicted octanol–water partition coefficient (Wildman–Crippen LogP) is 3.28. The van der Waals surface area contributed by atoms with Gasteiger partial charge in [0.1, 0.15) is 11.0 Å². The molecule has 0 aliphatic carbocycles. The first kappa shape index (κ1) is 21.6. The number of hydrogen-bond acceptors (Lipinski definition) is 6. The van der Waals surface area contributed by atoms with E-state index in [1.165, 1.54) is 4.40 Å². The quantitative estimate of drug-likeness (QED) is 0.438. The van der Waals surface area contributed by atoms with Crippen molar-refractivity contribution in [3.05, 3.63) is 62.1 Å². The van der Waals surface area contributed by atoms with Gasteiger partial charge in [0.2, 0.25) is 0 Å². The molecule has 8 heteroatoms. The van der Waals surface area contributed by atoms with Gasteiger partial charge in [-0.05, 0) is 53.7 Å². The average molecular weight is 530 g/mol. The molecule has 2 aliphatic heterocycles. The number of ether oxygens (including phenoxy) is 1. The van der Waals surface area contributed by atoms with Crippen LogP contribution in [0.15, 0.2) is 50.4 Å². The fourth-order valence-corrected chi connectivity index (χ4v) is 5.29. The molecule has 0 spiro atoms. The van der Waals surface area contributed by atoms with Crippen molar-refractivity contribution in [1.82, 2.24) is 9.30 Å². The van der Waals surface area contributed by atoms with Crippen molar-refractivity contribution >= 4 is 42.1 Å². The number of esters is 1. The molecule has 31 heavy (non-hydrogen) atoms. The number of hydrogen-bond donors (Lipinski definition) is 0. The minimum Gasteiger partial charge on any atom is -0.462 e. The molecule has 4 rings (SSSR count). The first-order valence-corrected chi connectivity index (χ1v) is 12.7. The van der Waals surface area contributed by atoms with Gasteiger partial charge < -0.3 is 4.74 Å². The van der Waals surface area contributed by atoms with E-state index in [1.807, 2.05) is 22.3 Å². The standard InChI is InChI=1S/C23H23IN4O3/c1-2-31-22(30)18-13-17(19-5-3-4-10-28(19)21(18)29)14-27-11-7-23(15-25,8-12-27)20-6-9-24-16-26-20/h3-6,9-10,13,16H,2,7-8,11-12,14H2,1H3. The Morgan fingerprint density at radius 2 is 2.16 bits per heavy atom. The van der Waals surface area contributed by atoms with Crippen LogP contribution in [0.4, 0.5) is 0 Å². The number of fused-ring (bicyclic) bond motifs is 1. The molecule has 1 fully saturated rings. The van der Waals surface area contributed by atoms with E-state index < -0.39 is 11.4 Å². The van der Waals surface area contributed by atoms with E-state index >= 15 is 0 Å². The maximum absolute atomic E-state index is 12.8. The highest BCUT2D eigenvalue weighted by atomic mass is 127. The Hall–Kier alpha value is -2.64. The zero-order chi connectivity index (χ0) is 21.8. The van der Waals surface area contributed by atoms with Crippen molar-refractivity contribution < 1.29 is 9.53 Å². The fraction of sp³-hybridized carbons (Fsp3) is 0.348. The van der Waals surface area contributed by atoms with Crippen LogP contribution in [0.5, 0.6) is 0 Å². The number of aromatic nitrogens is 1. The topological polar surface area (TPSA) is 87.2 Å². The van der Waals surface area contributed by atoms with Crippen LogP contribution in [0.1, 0.15) is 35.7 Å². The van der Waals surface area contributed by atoms with Gasteiger partial charge in [-0.3, -0.25) is 19.1 Å². The number of pyridine rings is 2. The van der Waals surface area contributed by atoms with Gasteiger partial charge in [-0.25, -0.2) is 4.79 Å². The zero-order valence-electron chi connectivity index (χ0n) is 17.3. The highest BCUT2D eigenvalue weighted by Crippen LogP contribution is 2.35. The summed E-state index contributed by atoms with van der Waals surface area (Å²) in [4.78, 5) is 31.9. The number of rotatable bonds is 5. The summed E-state index contributed by atoms with van der Waals surface area (Å²) in [5.41, 5.74) is 1.67. The molecule has 2 aromatic heterocycles. The number of allylic oxidation sites excluding steroid dienone is 1. The summed E-state index contributed by atoms with van der Waals surface area (Å²) in [6.07, 6.45) is 5.10. The molecule has 160 valence electrons. The minimum absolute atomic E-state index is 0.0458. The van der Waals surface area contributed by atoms with E-state index in [1.54, 1.807) is 25.3 Å². The van der Waals surface area contributed by atoms with Crippen molar-refractivity contribution in [3.63, 3.8) is 0 Å². The fourth-order valence-electron chi connectivity index (χ4n) is 4.10. The van der Waals surface area contributed by atoms with Crippen LogP contribution in [-0.2, 0) is 11.3 Å². The monoisotopic (exact) mass is 530 g/mol. The third-order valence-corrected chi connectivity index (χ3v) is 7.17. The lowest BCUT2D eigenvalue weighted by atomic mass is 9.75. The van der Waals surface area contributed by atoms with Gasteiger partial charge in [0, 0.05) is 25.8 Å². The summed E-state index contributed by atoms with van der Waals surface area (Å²) in [5, 5.41) is 9.91. The van der Waals surface area contributed by atoms with E-state index in [0.29, 0.717) is 19.4 Å². The normalized spacial score (nSPS) is 18.1. The Bertz CT molecular complexity index is 1200. The maximum atomic E-state index is 12.8. The van der Waals surface area contributed by atoms with Gasteiger partial charge >= 0.3 is 5.97 Å². The molecule has 0 N–H and O–H groups in total. The van der Waals surface area contributed by atoms with Gasteiger partial charge in [0.05, 0.1) is 28.0 Å². The van der Waals surface area contributed by atoms with Crippen LogP contribution < -0.4 is 5.56 Å². The number of piperidine rings is 1. The summed E-state index contributed by atoms with van der Waals surface area (Å²) in [6, 6.07) is 9.72. The SMILES string of the molecule is CCOC(=O)c1cc(CN2CCC(C#N)(C3=NC=IC=C3)CC2)c2ccccn2c1=O. The zero-order valence-corrected chi connectivity index (χ0v) is 19.4. The number of carbonyl (C=O) groups excluding carboxylic acids is 1. The molecule has 0 aromatic carbocycles. The van der Waals surface area contributed by atoms with Gasteiger partial charge in [-0.15, -0.1) is 0 Å². The second-order valence-electron chi connectivity index (χ2n) is 7.57. The molecule has 0 saturated carbocycles. The molecule has 2 aromatic rings. The third kappa shape index (κ3) is 4.25. The number of nitriles is 1.